The first kappa shape index (κ1) is 14.5. The van der Waals surface area contributed by atoms with Crippen molar-refractivity contribution in [1.29, 1.82) is 5.26 Å². The average Bonchev–Trinajstić information content (AvgIpc) is 2.72. The van der Waals surface area contributed by atoms with Crippen molar-refractivity contribution in [2.45, 2.75) is 32.4 Å². The van der Waals surface area contributed by atoms with Crippen molar-refractivity contribution < 1.29 is 9.53 Å². The third-order valence-corrected chi connectivity index (χ3v) is 3.04. The Morgan fingerprint density at radius 1 is 1.67 bits per heavy atom. The van der Waals surface area contributed by atoms with Crippen LogP contribution in [0.3, 0.4) is 0 Å². The number of nitrogens with two attached hydrogens (primary N) is 1. The van der Waals surface area contributed by atoms with Crippen LogP contribution < -0.4 is 11.1 Å². The van der Waals surface area contributed by atoms with Gasteiger partial charge in [0.25, 0.3) is 0 Å². The molecule has 1 aromatic rings. The first-order chi connectivity index (χ1) is 8.31. The molecule has 1 atom stereocenters. The number of nitriles is 1. The fourth-order valence-electron chi connectivity index (χ4n) is 1.21. The summed E-state index contributed by atoms with van der Waals surface area (Å²) in [7, 11) is 0. The maximum atomic E-state index is 11.4. The summed E-state index contributed by atoms with van der Waals surface area (Å²) < 4.78 is 5.10. The molecule has 1 aromatic heterocycles. The first-order valence-electron chi connectivity index (χ1n) is 5.53. The van der Waals surface area contributed by atoms with Gasteiger partial charge in [0, 0.05) is 16.8 Å². The Balaban J connectivity index is 2.44. The second-order valence-corrected chi connectivity index (χ2v) is 5.78. The number of nitrogens with one attached hydrogen (secondary N) is 1. The minimum Gasteiger partial charge on any atom is -0.444 e. The Bertz CT molecular complexity index is 457. The van der Waals surface area contributed by atoms with Gasteiger partial charge in [-0.1, -0.05) is 0 Å². The zero-order valence-corrected chi connectivity index (χ0v) is 11.5. The van der Waals surface area contributed by atoms with Crippen LogP contribution in [0.15, 0.2) is 11.4 Å². The third kappa shape index (κ3) is 4.73. The number of amides is 1. The fourth-order valence-corrected chi connectivity index (χ4v) is 2.05. The molecule has 0 radical (unpaired) electrons. The number of carbonyl (C=O) groups excluding carboxylic acids is 1. The predicted octanol–water partition coefficient (Wildman–Crippen LogP) is 2.14. The zero-order valence-electron chi connectivity index (χ0n) is 10.7. The van der Waals surface area contributed by atoms with Gasteiger partial charge in [0.15, 0.2) is 0 Å². The molecule has 0 bridgehead atoms. The van der Waals surface area contributed by atoms with Crippen molar-refractivity contribution in [3.05, 3.63) is 21.9 Å². The molecule has 0 aliphatic heterocycles. The Kier molecular flexibility index (Phi) is 4.70. The summed E-state index contributed by atoms with van der Waals surface area (Å²) >= 11 is 1.41. The maximum Gasteiger partial charge on any atom is 0.407 e. The summed E-state index contributed by atoms with van der Waals surface area (Å²) in [5, 5.41) is 13.0. The lowest BCUT2D eigenvalue weighted by molar-refractivity contribution is 0.0524. The summed E-state index contributed by atoms with van der Waals surface area (Å²) in [6, 6.07) is 3.44. The molecule has 0 saturated carbocycles. The van der Waals surface area contributed by atoms with Gasteiger partial charge in [0.1, 0.15) is 11.7 Å². The van der Waals surface area contributed by atoms with Crippen LogP contribution in [-0.4, -0.2) is 18.2 Å². The number of carbonyl (C=O) groups is 1. The Labute approximate surface area is 111 Å². The standard InChI is InChI=1S/C12H17N3O2S/c1-12(2,3)17-11(16)15-6-9(14)10-4-8(5-13)7-18-10/h4,7,9H,6,14H2,1-3H3,(H,15,16). The van der Waals surface area contributed by atoms with Crippen LogP contribution in [0.2, 0.25) is 0 Å². The van der Waals surface area contributed by atoms with Crippen molar-refractivity contribution in [2.75, 3.05) is 6.54 Å². The lowest BCUT2D eigenvalue weighted by Crippen LogP contribution is -2.36. The topological polar surface area (TPSA) is 88.1 Å². The monoisotopic (exact) mass is 267 g/mol. The molecule has 1 rings (SSSR count). The van der Waals surface area contributed by atoms with Gasteiger partial charge in [-0.05, 0) is 26.8 Å². The molecule has 1 unspecified atom stereocenters. The Morgan fingerprint density at radius 3 is 2.83 bits per heavy atom. The highest BCUT2D eigenvalue weighted by atomic mass is 32.1. The number of thiophene rings is 1. The molecule has 1 heterocycles. The van der Waals surface area contributed by atoms with Gasteiger partial charge in [-0.15, -0.1) is 11.3 Å². The van der Waals surface area contributed by atoms with Gasteiger partial charge in [0.2, 0.25) is 0 Å². The van der Waals surface area contributed by atoms with Crippen molar-refractivity contribution in [3.63, 3.8) is 0 Å². The van der Waals surface area contributed by atoms with Crippen molar-refractivity contribution >= 4 is 17.4 Å². The number of nitrogens with zero attached hydrogens (tertiary/aromatic N) is 1. The van der Waals surface area contributed by atoms with Crippen LogP contribution in [0.25, 0.3) is 0 Å². The second-order valence-electron chi connectivity index (χ2n) is 4.84. The van der Waals surface area contributed by atoms with E-state index in [-0.39, 0.29) is 12.6 Å². The SMILES string of the molecule is CC(C)(C)OC(=O)NCC(N)c1cc(C#N)cs1. The normalized spacial score (nSPS) is 12.6. The number of alkyl carbamates (subject to hydrolysis) is 1. The molecule has 0 saturated heterocycles. The van der Waals surface area contributed by atoms with E-state index in [2.05, 4.69) is 5.32 Å². The van der Waals surface area contributed by atoms with E-state index in [0.29, 0.717) is 5.56 Å². The fraction of sp³-hybridized carbons (Fsp3) is 0.500. The minimum absolute atomic E-state index is 0.278. The summed E-state index contributed by atoms with van der Waals surface area (Å²) in [5.41, 5.74) is 5.97. The van der Waals surface area contributed by atoms with Crippen LogP contribution in [-0.2, 0) is 4.74 Å². The van der Waals surface area contributed by atoms with Gasteiger partial charge in [-0.25, -0.2) is 4.79 Å². The van der Waals surface area contributed by atoms with Gasteiger partial charge >= 0.3 is 6.09 Å². The van der Waals surface area contributed by atoms with E-state index in [1.54, 1.807) is 32.2 Å². The zero-order chi connectivity index (χ0) is 13.8. The summed E-state index contributed by atoms with van der Waals surface area (Å²) in [6.45, 7) is 5.67. The molecule has 0 aliphatic carbocycles. The Hall–Kier alpha value is -1.58. The predicted molar refractivity (Wildman–Crippen MR) is 70.2 cm³/mol. The molecule has 3 N–H and O–H groups in total. The number of rotatable bonds is 3. The summed E-state index contributed by atoms with van der Waals surface area (Å²) in [4.78, 5) is 12.3. The summed E-state index contributed by atoms with van der Waals surface area (Å²) in [5.74, 6) is 0. The maximum absolute atomic E-state index is 11.4. The highest BCUT2D eigenvalue weighted by Crippen LogP contribution is 2.19. The van der Waals surface area contributed by atoms with E-state index in [1.807, 2.05) is 6.07 Å². The van der Waals surface area contributed by atoms with Crippen LogP contribution in [0.4, 0.5) is 4.79 Å². The smallest absolute Gasteiger partial charge is 0.407 e. The van der Waals surface area contributed by atoms with Gasteiger partial charge < -0.3 is 15.8 Å². The molecule has 5 nitrogen and oxygen atoms in total. The number of ether oxygens (including phenoxy) is 1. The van der Waals surface area contributed by atoms with Gasteiger partial charge in [-0.2, -0.15) is 5.26 Å². The highest BCUT2D eigenvalue weighted by molar-refractivity contribution is 7.10. The second kappa shape index (κ2) is 5.85. The quantitative estimate of drug-likeness (QED) is 0.878. The van der Waals surface area contributed by atoms with Gasteiger partial charge in [-0.3, -0.25) is 0 Å². The van der Waals surface area contributed by atoms with E-state index in [4.69, 9.17) is 15.7 Å². The van der Waals surface area contributed by atoms with Gasteiger partial charge in [0.05, 0.1) is 11.6 Å². The van der Waals surface area contributed by atoms with Crippen molar-refractivity contribution in [1.82, 2.24) is 5.32 Å². The molecule has 0 spiro atoms. The molecular weight excluding hydrogens is 250 g/mol. The molecule has 6 heteroatoms. The minimum atomic E-state index is -0.523. The molecule has 1 amide bonds. The highest BCUT2D eigenvalue weighted by Gasteiger charge is 2.17. The van der Waals surface area contributed by atoms with Crippen LogP contribution in [0.1, 0.15) is 37.3 Å². The molecular formula is C12H17N3O2S. The molecule has 18 heavy (non-hydrogen) atoms. The first-order valence-corrected chi connectivity index (χ1v) is 6.41. The number of hydrogen-bond acceptors (Lipinski definition) is 5. The average molecular weight is 267 g/mol. The molecule has 0 aliphatic rings. The summed E-state index contributed by atoms with van der Waals surface area (Å²) in [6.07, 6.45) is -0.491. The van der Waals surface area contributed by atoms with E-state index < -0.39 is 11.7 Å². The largest absolute Gasteiger partial charge is 0.444 e. The lowest BCUT2D eigenvalue weighted by Gasteiger charge is -2.20. The van der Waals surface area contributed by atoms with E-state index in [1.165, 1.54) is 11.3 Å². The Morgan fingerprint density at radius 2 is 2.33 bits per heavy atom. The van der Waals surface area contributed by atoms with Crippen LogP contribution in [0.5, 0.6) is 0 Å². The van der Waals surface area contributed by atoms with E-state index in [0.717, 1.165) is 4.88 Å². The number of hydrogen-bond donors (Lipinski definition) is 2. The van der Waals surface area contributed by atoms with E-state index >= 15 is 0 Å². The molecule has 0 aromatic carbocycles. The van der Waals surface area contributed by atoms with Crippen LogP contribution >= 0.6 is 11.3 Å². The van der Waals surface area contributed by atoms with Crippen LogP contribution in [0, 0.1) is 11.3 Å². The molecule has 0 fully saturated rings. The van der Waals surface area contributed by atoms with E-state index in [9.17, 15) is 4.79 Å². The van der Waals surface area contributed by atoms with Crippen molar-refractivity contribution in [2.24, 2.45) is 5.73 Å². The third-order valence-electron chi connectivity index (χ3n) is 1.98. The molecule has 98 valence electrons. The lowest BCUT2D eigenvalue weighted by atomic mass is 10.2. The van der Waals surface area contributed by atoms with Crippen molar-refractivity contribution in [3.8, 4) is 6.07 Å².